The number of hydrogen-bond donors (Lipinski definition) is 0. The highest BCUT2D eigenvalue weighted by Gasteiger charge is 2.33. The number of rotatable bonds is 2. The number of nitrogens with zero attached hydrogens (tertiary/aromatic N) is 1. The summed E-state index contributed by atoms with van der Waals surface area (Å²) >= 11 is 0. The lowest BCUT2D eigenvalue weighted by Gasteiger charge is -2.32. The maximum atomic E-state index is 9.21. The number of hydrogen-bond acceptors (Lipinski definition) is 3. The maximum absolute atomic E-state index is 9.21. The van der Waals surface area contributed by atoms with Gasteiger partial charge in [0.2, 0.25) is 0 Å². The van der Waals surface area contributed by atoms with Gasteiger partial charge in [0, 0.05) is 5.56 Å². The number of allylic oxidation sites excluding steroid dienone is 2. The summed E-state index contributed by atoms with van der Waals surface area (Å²) in [7, 11) is 3.26. The van der Waals surface area contributed by atoms with Crippen LogP contribution in [0.4, 0.5) is 0 Å². The Kier molecular flexibility index (Phi) is 3.04. The van der Waals surface area contributed by atoms with E-state index in [2.05, 4.69) is 19.9 Å². The van der Waals surface area contributed by atoms with Crippen molar-refractivity contribution in [3.05, 3.63) is 29.3 Å². The molecule has 0 amide bonds. The SMILES string of the molecule is COc1ccc2c(c1OC)C(C)(C)CC=C2C#N. The molecule has 2 rings (SSSR count). The summed E-state index contributed by atoms with van der Waals surface area (Å²) in [6, 6.07) is 6.04. The first-order valence-corrected chi connectivity index (χ1v) is 5.91. The van der Waals surface area contributed by atoms with E-state index in [4.69, 9.17) is 9.47 Å². The summed E-state index contributed by atoms with van der Waals surface area (Å²) in [6.07, 6.45) is 2.82. The van der Waals surface area contributed by atoms with Crippen LogP contribution in [0, 0.1) is 11.3 Å². The molecule has 18 heavy (non-hydrogen) atoms. The van der Waals surface area contributed by atoms with Crippen LogP contribution >= 0.6 is 0 Å². The number of methoxy groups -OCH3 is 2. The van der Waals surface area contributed by atoms with Gasteiger partial charge in [-0.2, -0.15) is 5.26 Å². The zero-order chi connectivity index (χ0) is 13.3. The molecule has 0 heterocycles. The zero-order valence-corrected chi connectivity index (χ0v) is 11.2. The van der Waals surface area contributed by atoms with Crippen molar-refractivity contribution in [1.29, 1.82) is 5.26 Å². The molecule has 0 aromatic heterocycles. The minimum absolute atomic E-state index is 0.0600. The Morgan fingerprint density at radius 1 is 1.22 bits per heavy atom. The molecule has 0 N–H and O–H groups in total. The second-order valence-corrected chi connectivity index (χ2v) is 5.04. The van der Waals surface area contributed by atoms with Gasteiger partial charge in [-0.1, -0.05) is 19.9 Å². The van der Waals surface area contributed by atoms with Crippen molar-refractivity contribution in [3.63, 3.8) is 0 Å². The summed E-state index contributed by atoms with van der Waals surface area (Å²) < 4.78 is 10.8. The molecule has 0 saturated heterocycles. The molecule has 0 spiro atoms. The van der Waals surface area contributed by atoms with Crippen LogP contribution in [0.3, 0.4) is 0 Å². The Morgan fingerprint density at radius 2 is 1.94 bits per heavy atom. The van der Waals surface area contributed by atoms with Crippen molar-refractivity contribution >= 4 is 5.57 Å². The van der Waals surface area contributed by atoms with Crippen LogP contribution < -0.4 is 9.47 Å². The van der Waals surface area contributed by atoms with Gasteiger partial charge >= 0.3 is 0 Å². The zero-order valence-electron chi connectivity index (χ0n) is 11.2. The van der Waals surface area contributed by atoms with E-state index in [0.29, 0.717) is 11.3 Å². The van der Waals surface area contributed by atoms with Gasteiger partial charge in [-0.3, -0.25) is 0 Å². The fraction of sp³-hybridized carbons (Fsp3) is 0.400. The first-order chi connectivity index (χ1) is 8.55. The highest BCUT2D eigenvalue weighted by atomic mass is 16.5. The molecular formula is C15H17NO2. The Labute approximate surface area is 108 Å². The van der Waals surface area contributed by atoms with Gasteiger partial charge in [0.25, 0.3) is 0 Å². The molecule has 0 bridgehead atoms. The van der Waals surface area contributed by atoms with Crippen molar-refractivity contribution < 1.29 is 9.47 Å². The number of benzene rings is 1. The summed E-state index contributed by atoms with van der Waals surface area (Å²) in [6.45, 7) is 4.30. The highest BCUT2D eigenvalue weighted by Crippen LogP contribution is 2.47. The van der Waals surface area contributed by atoms with Gasteiger partial charge < -0.3 is 9.47 Å². The summed E-state index contributed by atoms with van der Waals surface area (Å²) in [5.74, 6) is 1.45. The number of ether oxygens (including phenoxy) is 2. The fourth-order valence-electron chi connectivity index (χ4n) is 2.50. The molecule has 0 saturated carbocycles. The van der Waals surface area contributed by atoms with Crippen molar-refractivity contribution in [2.45, 2.75) is 25.7 Å². The van der Waals surface area contributed by atoms with E-state index in [-0.39, 0.29) is 5.41 Å². The molecule has 1 aromatic rings. The van der Waals surface area contributed by atoms with Crippen LogP contribution in [-0.2, 0) is 5.41 Å². The fourth-order valence-corrected chi connectivity index (χ4v) is 2.50. The standard InChI is InChI=1S/C15H17NO2/c1-15(2)8-7-10(9-16)11-5-6-12(17-3)14(18-4)13(11)15/h5-7H,8H2,1-4H3. The Balaban J connectivity index is 2.77. The second kappa shape index (κ2) is 4.38. The van der Waals surface area contributed by atoms with Crippen LogP contribution in [0.5, 0.6) is 11.5 Å². The molecule has 0 radical (unpaired) electrons. The molecule has 1 aromatic carbocycles. The molecule has 0 fully saturated rings. The van der Waals surface area contributed by atoms with Crippen LogP contribution in [0.2, 0.25) is 0 Å². The first-order valence-electron chi connectivity index (χ1n) is 5.91. The van der Waals surface area contributed by atoms with Crippen LogP contribution in [-0.4, -0.2) is 14.2 Å². The van der Waals surface area contributed by atoms with Gasteiger partial charge in [0.1, 0.15) is 0 Å². The minimum Gasteiger partial charge on any atom is -0.493 e. The Morgan fingerprint density at radius 3 is 2.50 bits per heavy atom. The quantitative estimate of drug-likeness (QED) is 0.800. The van der Waals surface area contributed by atoms with E-state index in [0.717, 1.165) is 23.3 Å². The summed E-state index contributed by atoms with van der Waals surface area (Å²) in [5.41, 5.74) is 2.66. The van der Waals surface area contributed by atoms with Gasteiger partial charge in [0.15, 0.2) is 11.5 Å². The predicted molar refractivity (Wildman–Crippen MR) is 70.8 cm³/mol. The van der Waals surface area contributed by atoms with E-state index in [1.807, 2.05) is 18.2 Å². The van der Waals surface area contributed by atoms with E-state index in [1.165, 1.54) is 0 Å². The van der Waals surface area contributed by atoms with E-state index < -0.39 is 0 Å². The third kappa shape index (κ3) is 1.74. The first kappa shape index (κ1) is 12.5. The van der Waals surface area contributed by atoms with Crippen molar-refractivity contribution in [2.75, 3.05) is 14.2 Å². The average Bonchev–Trinajstić information content (AvgIpc) is 2.37. The van der Waals surface area contributed by atoms with E-state index in [9.17, 15) is 5.26 Å². The van der Waals surface area contributed by atoms with Crippen LogP contribution in [0.25, 0.3) is 5.57 Å². The Hall–Kier alpha value is -1.95. The van der Waals surface area contributed by atoms with Gasteiger partial charge in [-0.25, -0.2) is 0 Å². The molecular weight excluding hydrogens is 226 g/mol. The van der Waals surface area contributed by atoms with Crippen LogP contribution in [0.15, 0.2) is 18.2 Å². The second-order valence-electron chi connectivity index (χ2n) is 5.04. The lowest BCUT2D eigenvalue weighted by Crippen LogP contribution is -2.22. The Bertz CT molecular complexity index is 550. The summed E-state index contributed by atoms with van der Waals surface area (Å²) in [5, 5.41) is 9.21. The van der Waals surface area contributed by atoms with E-state index in [1.54, 1.807) is 14.2 Å². The molecule has 94 valence electrons. The van der Waals surface area contributed by atoms with E-state index >= 15 is 0 Å². The molecule has 3 nitrogen and oxygen atoms in total. The number of fused-ring (bicyclic) bond motifs is 1. The maximum Gasteiger partial charge on any atom is 0.165 e. The largest absolute Gasteiger partial charge is 0.493 e. The monoisotopic (exact) mass is 243 g/mol. The lowest BCUT2D eigenvalue weighted by atomic mass is 9.73. The summed E-state index contributed by atoms with van der Waals surface area (Å²) in [4.78, 5) is 0. The third-order valence-electron chi connectivity index (χ3n) is 3.45. The molecule has 1 aliphatic rings. The van der Waals surface area contributed by atoms with Gasteiger partial charge in [0.05, 0.1) is 25.9 Å². The molecule has 1 aliphatic carbocycles. The smallest absolute Gasteiger partial charge is 0.165 e. The molecule has 3 heteroatoms. The normalized spacial score (nSPS) is 16.3. The van der Waals surface area contributed by atoms with Crippen molar-refractivity contribution in [2.24, 2.45) is 0 Å². The number of nitriles is 1. The predicted octanol–water partition coefficient (Wildman–Crippen LogP) is 3.29. The molecule has 0 atom stereocenters. The highest BCUT2D eigenvalue weighted by molar-refractivity contribution is 5.83. The third-order valence-corrected chi connectivity index (χ3v) is 3.45. The van der Waals surface area contributed by atoms with Gasteiger partial charge in [-0.15, -0.1) is 0 Å². The molecule has 0 unspecified atom stereocenters. The minimum atomic E-state index is -0.0600. The topological polar surface area (TPSA) is 42.2 Å². The van der Waals surface area contributed by atoms with Gasteiger partial charge in [-0.05, 0) is 29.5 Å². The van der Waals surface area contributed by atoms with Crippen LogP contribution in [0.1, 0.15) is 31.4 Å². The van der Waals surface area contributed by atoms with Crippen molar-refractivity contribution in [1.82, 2.24) is 0 Å². The average molecular weight is 243 g/mol. The lowest BCUT2D eigenvalue weighted by molar-refractivity contribution is 0.342. The molecule has 0 aliphatic heterocycles. The van der Waals surface area contributed by atoms with Crippen molar-refractivity contribution in [3.8, 4) is 17.6 Å².